The fourth-order valence-electron chi connectivity index (χ4n) is 2.78. The Morgan fingerprint density at radius 1 is 0.615 bits per heavy atom. The lowest BCUT2D eigenvalue weighted by Gasteiger charge is -2.19. The molecule has 0 aliphatic rings. The van der Waals surface area contributed by atoms with Gasteiger partial charge >= 0.3 is 0 Å². The van der Waals surface area contributed by atoms with Crippen LogP contribution in [0.5, 0.6) is 0 Å². The van der Waals surface area contributed by atoms with E-state index in [-0.39, 0.29) is 5.75 Å². The Labute approximate surface area is 149 Å². The third-order valence-electron chi connectivity index (χ3n) is 3.99. The highest BCUT2D eigenvalue weighted by Gasteiger charge is 2.29. The number of rotatable bonds is 5. The standard InChI is InChI=1S/C20H15F3O2S/c21-17-7-1-14(2-8-17)13-26(24,25)20(15-3-9-18(22)10-4-15)16-5-11-19(23)12-6-16/h1-12,20H,13H2. The van der Waals surface area contributed by atoms with Gasteiger partial charge in [-0.25, -0.2) is 21.6 Å². The minimum atomic E-state index is -3.79. The van der Waals surface area contributed by atoms with Gasteiger partial charge in [0.05, 0.1) is 5.75 Å². The lowest BCUT2D eigenvalue weighted by Crippen LogP contribution is -2.17. The maximum Gasteiger partial charge on any atom is 0.165 e. The first-order valence-electron chi connectivity index (χ1n) is 7.82. The van der Waals surface area contributed by atoms with Gasteiger partial charge in [-0.15, -0.1) is 0 Å². The van der Waals surface area contributed by atoms with Crippen molar-refractivity contribution >= 4 is 9.84 Å². The van der Waals surface area contributed by atoms with Gasteiger partial charge in [0.25, 0.3) is 0 Å². The van der Waals surface area contributed by atoms with E-state index in [4.69, 9.17) is 0 Å². The lowest BCUT2D eigenvalue weighted by molar-refractivity contribution is 0.586. The van der Waals surface area contributed by atoms with Crippen LogP contribution in [0, 0.1) is 17.5 Å². The molecule has 0 unspecified atom stereocenters. The van der Waals surface area contributed by atoms with E-state index in [0.717, 1.165) is 0 Å². The fraction of sp³-hybridized carbons (Fsp3) is 0.100. The summed E-state index contributed by atoms with van der Waals surface area (Å²) in [5, 5.41) is -1.09. The molecule has 0 saturated heterocycles. The second kappa shape index (κ2) is 7.33. The van der Waals surface area contributed by atoms with E-state index in [0.29, 0.717) is 16.7 Å². The SMILES string of the molecule is O=S(=O)(Cc1ccc(F)cc1)C(c1ccc(F)cc1)c1ccc(F)cc1. The Hall–Kier alpha value is -2.60. The van der Waals surface area contributed by atoms with Crippen LogP contribution in [0.15, 0.2) is 72.8 Å². The highest BCUT2D eigenvalue weighted by Crippen LogP contribution is 2.33. The van der Waals surface area contributed by atoms with Gasteiger partial charge in [-0.2, -0.15) is 0 Å². The third kappa shape index (κ3) is 4.14. The highest BCUT2D eigenvalue weighted by molar-refractivity contribution is 7.91. The molecule has 6 heteroatoms. The van der Waals surface area contributed by atoms with Crippen molar-refractivity contribution in [1.29, 1.82) is 0 Å². The first kappa shape index (κ1) is 18.2. The Morgan fingerprint density at radius 2 is 0.962 bits per heavy atom. The van der Waals surface area contributed by atoms with E-state index in [9.17, 15) is 21.6 Å². The number of sulfone groups is 1. The van der Waals surface area contributed by atoms with Crippen LogP contribution in [-0.4, -0.2) is 8.42 Å². The quantitative estimate of drug-likeness (QED) is 0.641. The maximum absolute atomic E-state index is 13.3. The summed E-state index contributed by atoms with van der Waals surface area (Å²) >= 11 is 0. The molecule has 0 fully saturated rings. The zero-order chi connectivity index (χ0) is 18.7. The van der Waals surface area contributed by atoms with Crippen LogP contribution in [0.3, 0.4) is 0 Å². The molecule has 0 N–H and O–H groups in total. The molecule has 3 aromatic rings. The van der Waals surface area contributed by atoms with Crippen molar-refractivity contribution in [1.82, 2.24) is 0 Å². The summed E-state index contributed by atoms with van der Waals surface area (Å²) in [5.41, 5.74) is 1.18. The summed E-state index contributed by atoms with van der Waals surface area (Å²) in [7, 11) is -3.79. The van der Waals surface area contributed by atoms with Crippen LogP contribution < -0.4 is 0 Å². The van der Waals surface area contributed by atoms with Gasteiger partial charge < -0.3 is 0 Å². The number of hydrogen-bond acceptors (Lipinski definition) is 2. The largest absolute Gasteiger partial charge is 0.228 e. The number of hydrogen-bond donors (Lipinski definition) is 0. The Morgan fingerprint density at radius 3 is 1.35 bits per heavy atom. The van der Waals surface area contributed by atoms with Crippen LogP contribution in [0.1, 0.15) is 21.9 Å². The van der Waals surface area contributed by atoms with Crippen LogP contribution in [-0.2, 0) is 15.6 Å². The topological polar surface area (TPSA) is 34.1 Å². The summed E-state index contributed by atoms with van der Waals surface area (Å²) in [5.74, 6) is -1.75. The highest BCUT2D eigenvalue weighted by atomic mass is 32.2. The van der Waals surface area contributed by atoms with Crippen LogP contribution in [0.25, 0.3) is 0 Å². The molecule has 0 spiro atoms. The van der Waals surface area contributed by atoms with Gasteiger partial charge in [0.1, 0.15) is 22.7 Å². The fourth-order valence-corrected chi connectivity index (χ4v) is 4.75. The Kier molecular flexibility index (Phi) is 5.13. The molecule has 0 amide bonds. The Bertz CT molecular complexity index is 935. The van der Waals surface area contributed by atoms with Crippen LogP contribution in [0.4, 0.5) is 13.2 Å². The molecular weight excluding hydrogens is 361 g/mol. The van der Waals surface area contributed by atoms with Crippen molar-refractivity contribution in [3.05, 3.63) is 107 Å². The lowest BCUT2D eigenvalue weighted by atomic mass is 10.0. The summed E-state index contributed by atoms with van der Waals surface area (Å²) in [6.45, 7) is 0. The van der Waals surface area contributed by atoms with Crippen molar-refractivity contribution in [2.24, 2.45) is 0 Å². The maximum atomic E-state index is 13.3. The zero-order valence-electron chi connectivity index (χ0n) is 13.6. The average molecular weight is 376 g/mol. The molecule has 2 nitrogen and oxygen atoms in total. The van der Waals surface area contributed by atoms with E-state index >= 15 is 0 Å². The molecule has 3 rings (SSSR count). The summed E-state index contributed by atoms with van der Waals surface area (Å²) in [6.07, 6.45) is 0. The van der Waals surface area contributed by atoms with Crippen molar-refractivity contribution in [2.45, 2.75) is 11.0 Å². The second-order valence-electron chi connectivity index (χ2n) is 5.92. The van der Waals surface area contributed by atoms with Crippen molar-refractivity contribution < 1.29 is 21.6 Å². The number of halogens is 3. The van der Waals surface area contributed by atoms with Gasteiger partial charge in [0.2, 0.25) is 0 Å². The monoisotopic (exact) mass is 376 g/mol. The van der Waals surface area contributed by atoms with Gasteiger partial charge in [0.15, 0.2) is 9.84 Å². The molecule has 0 radical (unpaired) electrons. The van der Waals surface area contributed by atoms with Crippen LogP contribution in [0.2, 0.25) is 0 Å². The van der Waals surface area contributed by atoms with Gasteiger partial charge in [-0.1, -0.05) is 36.4 Å². The minimum Gasteiger partial charge on any atom is -0.228 e. The van der Waals surface area contributed by atoms with E-state index in [2.05, 4.69) is 0 Å². The molecule has 0 saturated carbocycles. The van der Waals surface area contributed by atoms with E-state index in [1.807, 2.05) is 0 Å². The molecule has 0 atom stereocenters. The van der Waals surface area contributed by atoms with E-state index in [1.54, 1.807) is 0 Å². The van der Waals surface area contributed by atoms with Crippen molar-refractivity contribution in [3.63, 3.8) is 0 Å². The van der Waals surface area contributed by atoms with E-state index < -0.39 is 32.5 Å². The zero-order valence-corrected chi connectivity index (χ0v) is 14.4. The second-order valence-corrected chi connectivity index (χ2v) is 8.00. The molecule has 134 valence electrons. The molecular formula is C20H15F3O2S. The normalized spacial score (nSPS) is 11.7. The average Bonchev–Trinajstić information content (AvgIpc) is 2.60. The summed E-state index contributed by atoms with van der Waals surface area (Å²) in [6, 6.07) is 15.5. The third-order valence-corrected chi connectivity index (χ3v) is 5.98. The smallest absolute Gasteiger partial charge is 0.165 e. The molecule has 0 bridgehead atoms. The van der Waals surface area contributed by atoms with Crippen molar-refractivity contribution in [3.8, 4) is 0 Å². The predicted molar refractivity (Wildman–Crippen MR) is 93.7 cm³/mol. The van der Waals surface area contributed by atoms with Gasteiger partial charge in [0, 0.05) is 0 Å². The van der Waals surface area contributed by atoms with E-state index in [1.165, 1.54) is 72.8 Å². The summed E-state index contributed by atoms with van der Waals surface area (Å²) < 4.78 is 65.7. The summed E-state index contributed by atoms with van der Waals surface area (Å²) in [4.78, 5) is 0. The minimum absolute atomic E-state index is 0.327. The molecule has 3 aromatic carbocycles. The van der Waals surface area contributed by atoms with Crippen molar-refractivity contribution in [2.75, 3.05) is 0 Å². The Balaban J connectivity index is 2.05. The molecule has 0 aliphatic heterocycles. The number of benzene rings is 3. The first-order chi connectivity index (χ1) is 12.3. The molecule has 26 heavy (non-hydrogen) atoms. The van der Waals surface area contributed by atoms with Crippen LogP contribution >= 0.6 is 0 Å². The first-order valence-corrected chi connectivity index (χ1v) is 9.54. The predicted octanol–water partition coefficient (Wildman–Crippen LogP) is 4.81. The van der Waals surface area contributed by atoms with Gasteiger partial charge in [-0.3, -0.25) is 0 Å². The van der Waals surface area contributed by atoms with Gasteiger partial charge in [-0.05, 0) is 53.1 Å². The molecule has 0 heterocycles. The molecule has 0 aromatic heterocycles. The molecule has 0 aliphatic carbocycles.